The number of piperazine rings is 1. The molecule has 31 heavy (non-hydrogen) atoms. The Hall–Kier alpha value is -2.30. The molecule has 0 atom stereocenters. The maximum absolute atomic E-state index is 12.9. The summed E-state index contributed by atoms with van der Waals surface area (Å²) >= 11 is 6.15. The van der Waals surface area contributed by atoms with Gasteiger partial charge in [0, 0.05) is 31.9 Å². The number of alkyl halides is 3. The van der Waals surface area contributed by atoms with Crippen LogP contribution in [0.3, 0.4) is 0 Å². The first-order valence-corrected chi connectivity index (χ1v) is 11.4. The van der Waals surface area contributed by atoms with Crippen LogP contribution in [0.5, 0.6) is 0 Å². The molecule has 168 valence electrons. The van der Waals surface area contributed by atoms with Crippen LogP contribution in [0.2, 0.25) is 5.02 Å². The maximum Gasteiger partial charge on any atom is 0.416 e. The lowest BCUT2D eigenvalue weighted by Gasteiger charge is -2.34. The number of anilines is 1. The molecule has 0 radical (unpaired) electrons. The van der Waals surface area contributed by atoms with Crippen LogP contribution < -0.4 is 4.72 Å². The van der Waals surface area contributed by atoms with Crippen molar-refractivity contribution in [3.8, 4) is 0 Å². The van der Waals surface area contributed by atoms with Crippen molar-refractivity contribution in [1.29, 1.82) is 0 Å². The van der Waals surface area contributed by atoms with Crippen molar-refractivity contribution in [3.63, 3.8) is 0 Å². The summed E-state index contributed by atoms with van der Waals surface area (Å²) in [6.07, 6.45) is -4.61. The van der Waals surface area contributed by atoms with Gasteiger partial charge in [-0.1, -0.05) is 24.6 Å². The van der Waals surface area contributed by atoms with Crippen molar-refractivity contribution in [2.24, 2.45) is 0 Å². The van der Waals surface area contributed by atoms with E-state index >= 15 is 0 Å². The average Bonchev–Trinajstić information content (AvgIpc) is 2.73. The van der Waals surface area contributed by atoms with Gasteiger partial charge in [-0.3, -0.25) is 9.52 Å². The zero-order valence-electron chi connectivity index (χ0n) is 16.6. The number of hydrogen-bond donors (Lipinski definition) is 1. The first-order valence-electron chi connectivity index (χ1n) is 9.52. The molecule has 0 unspecified atom stereocenters. The van der Waals surface area contributed by atoms with Gasteiger partial charge >= 0.3 is 6.18 Å². The van der Waals surface area contributed by atoms with E-state index in [2.05, 4.69) is 9.62 Å². The molecule has 1 heterocycles. The second-order valence-corrected chi connectivity index (χ2v) is 9.14. The Kier molecular flexibility index (Phi) is 6.82. The molecule has 0 aromatic heterocycles. The standard InChI is InChI=1S/C20H21ClF3N3O3S/c1-2-26-8-10-27(11-9-26)19(28)17-13-16(6-7-18(17)21)31(29,30)25-15-5-3-4-14(12-15)20(22,23)24/h3-7,12-13,25H,2,8-11H2,1H3. The van der Waals surface area contributed by atoms with Gasteiger partial charge in [0.2, 0.25) is 0 Å². The van der Waals surface area contributed by atoms with E-state index in [0.29, 0.717) is 32.2 Å². The molecule has 0 spiro atoms. The molecule has 1 N–H and O–H groups in total. The first kappa shape index (κ1) is 23.4. The monoisotopic (exact) mass is 475 g/mol. The zero-order valence-corrected chi connectivity index (χ0v) is 18.2. The van der Waals surface area contributed by atoms with Gasteiger partial charge in [-0.25, -0.2) is 8.42 Å². The predicted octanol–water partition coefficient (Wildman–Crippen LogP) is 3.94. The van der Waals surface area contributed by atoms with Crippen molar-refractivity contribution in [1.82, 2.24) is 9.80 Å². The summed E-state index contributed by atoms with van der Waals surface area (Å²) in [6, 6.07) is 7.49. The lowest BCUT2D eigenvalue weighted by Crippen LogP contribution is -2.48. The van der Waals surface area contributed by atoms with Gasteiger partial charge in [0.05, 0.1) is 21.0 Å². The Morgan fingerprint density at radius 1 is 1.10 bits per heavy atom. The Bertz CT molecular complexity index is 1070. The Morgan fingerprint density at radius 3 is 2.39 bits per heavy atom. The van der Waals surface area contributed by atoms with Crippen LogP contribution in [0, 0.1) is 0 Å². The fourth-order valence-electron chi connectivity index (χ4n) is 3.25. The number of halogens is 4. The minimum atomic E-state index is -4.61. The van der Waals surface area contributed by atoms with Crippen LogP contribution >= 0.6 is 11.6 Å². The third kappa shape index (κ3) is 5.50. The molecular weight excluding hydrogens is 455 g/mol. The third-order valence-electron chi connectivity index (χ3n) is 5.03. The summed E-state index contributed by atoms with van der Waals surface area (Å²) in [7, 11) is -4.25. The molecule has 2 aromatic carbocycles. The van der Waals surface area contributed by atoms with Crippen LogP contribution in [-0.4, -0.2) is 56.8 Å². The Balaban J connectivity index is 1.84. The van der Waals surface area contributed by atoms with E-state index in [-0.39, 0.29) is 21.2 Å². The predicted molar refractivity (Wildman–Crippen MR) is 112 cm³/mol. The molecule has 1 aliphatic heterocycles. The summed E-state index contributed by atoms with van der Waals surface area (Å²) in [5, 5.41) is 0.0981. The molecule has 1 fully saturated rings. The number of rotatable bonds is 5. The van der Waals surface area contributed by atoms with Crippen molar-refractivity contribution >= 4 is 33.2 Å². The fraction of sp³-hybridized carbons (Fsp3) is 0.350. The first-order chi connectivity index (χ1) is 14.5. The van der Waals surface area contributed by atoms with Crippen LogP contribution in [0.25, 0.3) is 0 Å². The summed E-state index contributed by atoms with van der Waals surface area (Å²) in [6.45, 7) is 5.28. The fourth-order valence-corrected chi connectivity index (χ4v) is 4.52. The highest BCUT2D eigenvalue weighted by atomic mass is 35.5. The van der Waals surface area contributed by atoms with Crippen molar-refractivity contribution < 1.29 is 26.4 Å². The molecule has 0 saturated carbocycles. The summed E-state index contributed by atoms with van der Waals surface area (Å²) < 4.78 is 66.3. The van der Waals surface area contributed by atoms with Crippen molar-refractivity contribution in [3.05, 3.63) is 58.6 Å². The minimum absolute atomic E-state index is 0.0264. The number of amides is 1. The molecule has 6 nitrogen and oxygen atoms in total. The van der Waals surface area contributed by atoms with Gasteiger partial charge in [-0.15, -0.1) is 0 Å². The average molecular weight is 476 g/mol. The summed E-state index contributed by atoms with van der Waals surface area (Å²) in [5.74, 6) is -0.392. The highest BCUT2D eigenvalue weighted by Crippen LogP contribution is 2.31. The van der Waals surface area contributed by atoms with E-state index in [9.17, 15) is 26.4 Å². The maximum atomic E-state index is 12.9. The molecule has 0 aliphatic carbocycles. The molecule has 1 aliphatic rings. The van der Waals surface area contributed by atoms with Gasteiger partial charge in [-0.2, -0.15) is 13.2 Å². The number of carbonyl (C=O) groups is 1. The third-order valence-corrected chi connectivity index (χ3v) is 6.74. The Morgan fingerprint density at radius 2 is 1.77 bits per heavy atom. The minimum Gasteiger partial charge on any atom is -0.336 e. The molecule has 0 bridgehead atoms. The second kappa shape index (κ2) is 9.05. The number of nitrogens with one attached hydrogen (secondary N) is 1. The van der Waals surface area contributed by atoms with Gasteiger partial charge in [0.15, 0.2) is 0 Å². The van der Waals surface area contributed by atoms with Crippen LogP contribution in [0.15, 0.2) is 47.4 Å². The van der Waals surface area contributed by atoms with Crippen LogP contribution in [-0.2, 0) is 16.2 Å². The van der Waals surface area contributed by atoms with Gasteiger partial charge in [-0.05, 0) is 42.9 Å². The molecule has 1 amide bonds. The SMILES string of the molecule is CCN1CCN(C(=O)c2cc(S(=O)(=O)Nc3cccc(C(F)(F)F)c3)ccc2Cl)CC1. The van der Waals surface area contributed by atoms with E-state index in [0.717, 1.165) is 24.7 Å². The van der Waals surface area contributed by atoms with E-state index in [4.69, 9.17) is 11.6 Å². The largest absolute Gasteiger partial charge is 0.416 e. The molecule has 11 heteroatoms. The van der Waals surface area contributed by atoms with Crippen molar-refractivity contribution in [2.45, 2.75) is 18.0 Å². The number of likely N-dealkylation sites (N-methyl/N-ethyl adjacent to an activating group) is 1. The number of hydrogen-bond acceptors (Lipinski definition) is 4. The topological polar surface area (TPSA) is 69.7 Å². The lowest BCUT2D eigenvalue weighted by molar-refractivity contribution is -0.137. The molecule has 3 rings (SSSR count). The van der Waals surface area contributed by atoms with E-state index in [1.807, 2.05) is 6.92 Å². The van der Waals surface area contributed by atoms with E-state index < -0.39 is 27.7 Å². The summed E-state index contributed by atoms with van der Waals surface area (Å²) in [4.78, 5) is 16.4. The van der Waals surface area contributed by atoms with E-state index in [1.54, 1.807) is 4.90 Å². The van der Waals surface area contributed by atoms with Crippen molar-refractivity contribution in [2.75, 3.05) is 37.4 Å². The second-order valence-electron chi connectivity index (χ2n) is 7.05. The number of carbonyl (C=O) groups excluding carboxylic acids is 1. The quantitative estimate of drug-likeness (QED) is 0.711. The van der Waals surface area contributed by atoms with Gasteiger partial charge in [0.25, 0.3) is 15.9 Å². The molecular formula is C20H21ClF3N3O3S. The van der Waals surface area contributed by atoms with Crippen LogP contribution in [0.4, 0.5) is 18.9 Å². The smallest absolute Gasteiger partial charge is 0.336 e. The molecule has 2 aromatic rings. The Labute approximate surface area is 183 Å². The highest BCUT2D eigenvalue weighted by molar-refractivity contribution is 7.92. The van der Waals surface area contributed by atoms with E-state index in [1.165, 1.54) is 18.2 Å². The zero-order chi connectivity index (χ0) is 22.8. The molecule has 1 saturated heterocycles. The van der Waals surface area contributed by atoms with Gasteiger partial charge in [0.1, 0.15) is 0 Å². The highest BCUT2D eigenvalue weighted by Gasteiger charge is 2.31. The van der Waals surface area contributed by atoms with Crippen LogP contribution in [0.1, 0.15) is 22.8 Å². The normalized spacial score (nSPS) is 15.7. The lowest BCUT2D eigenvalue weighted by atomic mass is 10.2. The number of sulfonamides is 1. The number of benzene rings is 2. The number of nitrogens with zero attached hydrogens (tertiary/aromatic N) is 2. The summed E-state index contributed by atoms with van der Waals surface area (Å²) in [5.41, 5.74) is -1.20. The van der Waals surface area contributed by atoms with Gasteiger partial charge < -0.3 is 9.80 Å².